The molecule has 0 aliphatic heterocycles. The Hall–Kier alpha value is -0.570. The van der Waals surface area contributed by atoms with Crippen molar-refractivity contribution in [2.45, 2.75) is 26.3 Å². The molecule has 0 fully saturated rings. The number of benzene rings is 1. The molecule has 1 aromatic rings. The van der Waals surface area contributed by atoms with E-state index in [-0.39, 0.29) is 0 Å². The minimum Gasteiger partial charge on any atom is -0.317 e. The molecule has 90 valence electrons. The molecule has 0 amide bonds. The molecule has 0 atom stereocenters. The minimum atomic E-state index is 0.846. The normalized spacial score (nSPS) is 10.6. The van der Waals surface area contributed by atoms with Gasteiger partial charge in [0.1, 0.15) is 0 Å². The Kier molecular flexibility index (Phi) is 7.23. The van der Waals surface area contributed by atoms with Crippen LogP contribution in [-0.4, -0.2) is 19.6 Å². The zero-order chi connectivity index (χ0) is 11.6. The van der Waals surface area contributed by atoms with Gasteiger partial charge in [0.2, 0.25) is 0 Å². The first-order chi connectivity index (χ1) is 7.84. The van der Waals surface area contributed by atoms with E-state index in [1.807, 2.05) is 18.2 Å². The summed E-state index contributed by atoms with van der Waals surface area (Å²) < 4.78 is 0. The van der Waals surface area contributed by atoms with E-state index in [9.17, 15) is 0 Å². The quantitative estimate of drug-likeness (QED) is 0.683. The van der Waals surface area contributed by atoms with E-state index in [2.05, 4.69) is 23.6 Å². The standard InChI is InChI=1S/C13H21ClN2/c1-2-8-15-9-5-10-16-11-12-6-3-4-7-13(12)14/h3-4,6-7,15-16H,2,5,8-11H2,1H3. The average Bonchev–Trinajstić information content (AvgIpc) is 2.30. The first-order valence-corrected chi connectivity index (χ1v) is 6.37. The van der Waals surface area contributed by atoms with Gasteiger partial charge in [-0.3, -0.25) is 0 Å². The van der Waals surface area contributed by atoms with E-state index < -0.39 is 0 Å². The summed E-state index contributed by atoms with van der Waals surface area (Å²) >= 11 is 6.05. The highest BCUT2D eigenvalue weighted by molar-refractivity contribution is 6.31. The maximum absolute atomic E-state index is 6.05. The van der Waals surface area contributed by atoms with Crippen LogP contribution in [0.1, 0.15) is 25.3 Å². The lowest BCUT2D eigenvalue weighted by Gasteiger charge is -2.07. The third-order valence-electron chi connectivity index (χ3n) is 2.41. The van der Waals surface area contributed by atoms with E-state index in [1.54, 1.807) is 0 Å². The van der Waals surface area contributed by atoms with Gasteiger partial charge in [0.25, 0.3) is 0 Å². The molecule has 0 bridgehead atoms. The number of nitrogens with one attached hydrogen (secondary N) is 2. The summed E-state index contributed by atoms with van der Waals surface area (Å²) in [6.45, 7) is 6.27. The van der Waals surface area contributed by atoms with Crippen molar-refractivity contribution >= 4 is 11.6 Å². The first kappa shape index (κ1) is 13.5. The molecule has 0 radical (unpaired) electrons. The van der Waals surface area contributed by atoms with Gasteiger partial charge in [0, 0.05) is 11.6 Å². The van der Waals surface area contributed by atoms with E-state index in [1.165, 1.54) is 12.0 Å². The third-order valence-corrected chi connectivity index (χ3v) is 2.78. The molecule has 0 aromatic heterocycles. The molecule has 0 saturated carbocycles. The molecule has 16 heavy (non-hydrogen) atoms. The van der Waals surface area contributed by atoms with E-state index in [0.717, 1.165) is 37.6 Å². The molecule has 0 aliphatic carbocycles. The summed E-state index contributed by atoms with van der Waals surface area (Å²) in [7, 11) is 0. The fourth-order valence-electron chi connectivity index (χ4n) is 1.50. The molecule has 0 heterocycles. The van der Waals surface area contributed by atoms with Crippen LogP contribution in [0.3, 0.4) is 0 Å². The van der Waals surface area contributed by atoms with Crippen molar-refractivity contribution in [1.82, 2.24) is 10.6 Å². The molecule has 2 nitrogen and oxygen atoms in total. The van der Waals surface area contributed by atoms with E-state index in [0.29, 0.717) is 0 Å². The predicted octanol–water partition coefficient (Wildman–Crippen LogP) is 2.82. The second-order valence-corrected chi connectivity index (χ2v) is 4.28. The predicted molar refractivity (Wildman–Crippen MR) is 70.9 cm³/mol. The lowest BCUT2D eigenvalue weighted by Crippen LogP contribution is -2.22. The second-order valence-electron chi connectivity index (χ2n) is 3.87. The summed E-state index contributed by atoms with van der Waals surface area (Å²) in [5, 5.41) is 7.62. The topological polar surface area (TPSA) is 24.1 Å². The zero-order valence-corrected chi connectivity index (χ0v) is 10.7. The van der Waals surface area contributed by atoms with Crippen molar-refractivity contribution in [2.24, 2.45) is 0 Å². The fourth-order valence-corrected chi connectivity index (χ4v) is 1.71. The maximum Gasteiger partial charge on any atom is 0.0450 e. The molecule has 1 rings (SSSR count). The lowest BCUT2D eigenvalue weighted by molar-refractivity contribution is 0.592. The van der Waals surface area contributed by atoms with E-state index in [4.69, 9.17) is 11.6 Å². The van der Waals surface area contributed by atoms with Crippen molar-refractivity contribution in [1.29, 1.82) is 0 Å². The van der Waals surface area contributed by atoms with Crippen LogP contribution >= 0.6 is 11.6 Å². The Morgan fingerprint density at radius 1 is 1.06 bits per heavy atom. The van der Waals surface area contributed by atoms with Crippen molar-refractivity contribution in [2.75, 3.05) is 19.6 Å². The van der Waals surface area contributed by atoms with Crippen LogP contribution in [0, 0.1) is 0 Å². The van der Waals surface area contributed by atoms with Gasteiger partial charge < -0.3 is 10.6 Å². The summed E-state index contributed by atoms with van der Waals surface area (Å²) in [4.78, 5) is 0. The van der Waals surface area contributed by atoms with Crippen LogP contribution in [0.15, 0.2) is 24.3 Å². The van der Waals surface area contributed by atoms with Crippen molar-refractivity contribution < 1.29 is 0 Å². The van der Waals surface area contributed by atoms with Crippen molar-refractivity contribution in [3.8, 4) is 0 Å². The minimum absolute atomic E-state index is 0.846. The second kappa shape index (κ2) is 8.57. The Morgan fingerprint density at radius 2 is 1.81 bits per heavy atom. The maximum atomic E-state index is 6.05. The fraction of sp³-hybridized carbons (Fsp3) is 0.538. The van der Waals surface area contributed by atoms with Gasteiger partial charge in [-0.2, -0.15) is 0 Å². The van der Waals surface area contributed by atoms with Crippen LogP contribution in [0.2, 0.25) is 5.02 Å². The Balaban J connectivity index is 2.05. The van der Waals surface area contributed by atoms with Gasteiger partial charge in [0.05, 0.1) is 0 Å². The van der Waals surface area contributed by atoms with Crippen LogP contribution in [0.25, 0.3) is 0 Å². The van der Waals surface area contributed by atoms with Gasteiger partial charge in [-0.25, -0.2) is 0 Å². The lowest BCUT2D eigenvalue weighted by atomic mass is 10.2. The molecule has 0 unspecified atom stereocenters. The molecule has 3 heteroatoms. The van der Waals surface area contributed by atoms with Gasteiger partial charge in [-0.05, 0) is 44.1 Å². The highest BCUT2D eigenvalue weighted by Crippen LogP contribution is 2.13. The number of hydrogen-bond donors (Lipinski definition) is 2. The summed E-state index contributed by atoms with van der Waals surface area (Å²) in [6.07, 6.45) is 2.36. The number of hydrogen-bond acceptors (Lipinski definition) is 2. The smallest absolute Gasteiger partial charge is 0.0450 e. The zero-order valence-electron chi connectivity index (χ0n) is 9.93. The summed E-state index contributed by atoms with van der Waals surface area (Å²) in [5.41, 5.74) is 1.17. The van der Waals surface area contributed by atoms with Crippen LogP contribution < -0.4 is 10.6 Å². The van der Waals surface area contributed by atoms with Crippen LogP contribution in [0.5, 0.6) is 0 Å². The molecule has 1 aromatic carbocycles. The number of halogens is 1. The van der Waals surface area contributed by atoms with Crippen LogP contribution in [-0.2, 0) is 6.54 Å². The summed E-state index contributed by atoms with van der Waals surface area (Å²) in [5.74, 6) is 0. The summed E-state index contributed by atoms with van der Waals surface area (Å²) in [6, 6.07) is 7.97. The molecular formula is C13H21ClN2. The van der Waals surface area contributed by atoms with Gasteiger partial charge in [0.15, 0.2) is 0 Å². The Labute approximate surface area is 103 Å². The van der Waals surface area contributed by atoms with Gasteiger partial charge in [-0.1, -0.05) is 36.7 Å². The van der Waals surface area contributed by atoms with Gasteiger partial charge in [-0.15, -0.1) is 0 Å². The molecule has 0 spiro atoms. The Bertz CT molecular complexity index is 289. The van der Waals surface area contributed by atoms with E-state index >= 15 is 0 Å². The molecule has 0 saturated heterocycles. The van der Waals surface area contributed by atoms with Crippen LogP contribution in [0.4, 0.5) is 0 Å². The monoisotopic (exact) mass is 240 g/mol. The molecule has 2 N–H and O–H groups in total. The highest BCUT2D eigenvalue weighted by atomic mass is 35.5. The van der Waals surface area contributed by atoms with Crippen molar-refractivity contribution in [3.05, 3.63) is 34.9 Å². The molecule has 0 aliphatic rings. The number of rotatable bonds is 8. The average molecular weight is 241 g/mol. The highest BCUT2D eigenvalue weighted by Gasteiger charge is 1.97. The molecular weight excluding hydrogens is 220 g/mol. The van der Waals surface area contributed by atoms with Crippen molar-refractivity contribution in [3.63, 3.8) is 0 Å². The third kappa shape index (κ3) is 5.50. The SMILES string of the molecule is CCCNCCCNCc1ccccc1Cl. The largest absolute Gasteiger partial charge is 0.317 e. The first-order valence-electron chi connectivity index (χ1n) is 5.99. The van der Waals surface area contributed by atoms with Gasteiger partial charge >= 0.3 is 0 Å². The Morgan fingerprint density at radius 3 is 2.56 bits per heavy atom.